The van der Waals surface area contributed by atoms with Gasteiger partial charge in [0.25, 0.3) is 0 Å². The van der Waals surface area contributed by atoms with Crippen molar-refractivity contribution < 1.29 is 19.1 Å². The number of carbonyl (C=O) groups is 3. The number of para-hydroxylation sites is 1. The molecule has 4 aliphatic rings. The minimum absolute atomic E-state index is 0.0387. The zero-order chi connectivity index (χ0) is 22.5. The summed E-state index contributed by atoms with van der Waals surface area (Å²) in [6.07, 6.45) is 0.556. The van der Waals surface area contributed by atoms with Crippen molar-refractivity contribution in [3.8, 4) is 0 Å². The van der Waals surface area contributed by atoms with Crippen LogP contribution in [0, 0.1) is 5.92 Å². The molecule has 4 heterocycles. The van der Waals surface area contributed by atoms with Gasteiger partial charge in [-0.1, -0.05) is 18.2 Å². The maximum atomic E-state index is 13.5. The highest BCUT2D eigenvalue weighted by Gasteiger charge is 2.65. The first-order chi connectivity index (χ1) is 15.4. The van der Waals surface area contributed by atoms with E-state index in [1.54, 1.807) is 19.0 Å². The molecule has 0 saturated carbocycles. The number of ether oxygens (including phenoxy) is 1. The van der Waals surface area contributed by atoms with Crippen LogP contribution in [0.3, 0.4) is 0 Å². The molecule has 0 aliphatic carbocycles. The third-order valence-corrected chi connectivity index (χ3v) is 7.43. The summed E-state index contributed by atoms with van der Waals surface area (Å²) in [4.78, 5) is 47.6. The molecule has 1 aromatic rings. The van der Waals surface area contributed by atoms with Gasteiger partial charge < -0.3 is 19.9 Å². The van der Waals surface area contributed by atoms with Gasteiger partial charge in [-0.15, -0.1) is 0 Å². The number of carbonyl (C=O) groups excluding carboxylic acids is 3. The summed E-state index contributed by atoms with van der Waals surface area (Å²) in [5.74, 6) is -0.549. The van der Waals surface area contributed by atoms with Gasteiger partial charge in [-0.2, -0.15) is 0 Å². The Balaban J connectivity index is 1.42. The van der Waals surface area contributed by atoms with Crippen LogP contribution >= 0.6 is 0 Å². The second kappa shape index (κ2) is 8.13. The second-order valence-electron chi connectivity index (χ2n) is 9.36. The number of hydrogen-bond donors (Lipinski definition) is 1. The fourth-order valence-electron chi connectivity index (χ4n) is 5.93. The van der Waals surface area contributed by atoms with E-state index in [4.69, 9.17) is 4.74 Å². The van der Waals surface area contributed by atoms with Crippen LogP contribution in [-0.4, -0.2) is 110 Å². The summed E-state index contributed by atoms with van der Waals surface area (Å²) in [5, 5.41) is 3.02. The number of morpholine rings is 1. The lowest BCUT2D eigenvalue weighted by Crippen LogP contribution is -2.61. The van der Waals surface area contributed by atoms with Crippen molar-refractivity contribution in [1.82, 2.24) is 19.6 Å². The minimum atomic E-state index is -1.01. The van der Waals surface area contributed by atoms with E-state index < -0.39 is 11.5 Å². The van der Waals surface area contributed by atoms with Gasteiger partial charge in [0.2, 0.25) is 17.7 Å². The summed E-state index contributed by atoms with van der Waals surface area (Å²) < 4.78 is 5.38. The lowest BCUT2D eigenvalue weighted by atomic mass is 9.78. The van der Waals surface area contributed by atoms with Crippen LogP contribution in [0.4, 0.5) is 5.69 Å². The van der Waals surface area contributed by atoms with Crippen molar-refractivity contribution in [2.45, 2.75) is 18.0 Å². The molecule has 9 heteroatoms. The molecule has 5 rings (SSSR count). The van der Waals surface area contributed by atoms with E-state index in [0.717, 1.165) is 24.3 Å². The van der Waals surface area contributed by atoms with Crippen molar-refractivity contribution in [3.05, 3.63) is 29.8 Å². The molecule has 4 aliphatic heterocycles. The predicted molar refractivity (Wildman–Crippen MR) is 118 cm³/mol. The standard InChI is InChI=1S/C23H31N5O4/c1-25(2)21(30)18-13-16-14-27(20(29)15-26-9-11-32-12-10-26)7-8-28(16)23(18)17-5-3-4-6-19(17)24-22(23)31/h3-6,16,18H,7-15H2,1-2H3,(H,24,31)/t16-,18+,23-/m1/s1. The monoisotopic (exact) mass is 441 g/mol. The smallest absolute Gasteiger partial charge is 0.250 e. The van der Waals surface area contributed by atoms with Gasteiger partial charge in [-0.05, 0) is 12.5 Å². The Morgan fingerprint density at radius 1 is 1.16 bits per heavy atom. The summed E-state index contributed by atoms with van der Waals surface area (Å²) in [6, 6.07) is 7.64. The van der Waals surface area contributed by atoms with Gasteiger partial charge in [-0.3, -0.25) is 24.2 Å². The molecule has 0 radical (unpaired) electrons. The van der Waals surface area contributed by atoms with E-state index >= 15 is 0 Å². The van der Waals surface area contributed by atoms with Crippen molar-refractivity contribution in [2.24, 2.45) is 5.92 Å². The molecule has 1 N–H and O–H groups in total. The number of benzene rings is 1. The van der Waals surface area contributed by atoms with Crippen LogP contribution in [0.2, 0.25) is 0 Å². The third-order valence-electron chi connectivity index (χ3n) is 7.43. The van der Waals surface area contributed by atoms with Crippen LogP contribution in [0.15, 0.2) is 24.3 Å². The number of fused-ring (bicyclic) bond motifs is 4. The Morgan fingerprint density at radius 2 is 1.91 bits per heavy atom. The van der Waals surface area contributed by atoms with E-state index in [0.29, 0.717) is 45.8 Å². The Kier molecular flexibility index (Phi) is 5.43. The molecule has 3 fully saturated rings. The van der Waals surface area contributed by atoms with Gasteiger partial charge in [0.05, 0.1) is 25.7 Å². The lowest BCUT2D eigenvalue weighted by molar-refractivity contribution is -0.145. The topological polar surface area (TPSA) is 85.4 Å². The van der Waals surface area contributed by atoms with E-state index in [1.807, 2.05) is 29.2 Å². The first kappa shape index (κ1) is 21.4. The Morgan fingerprint density at radius 3 is 2.66 bits per heavy atom. The van der Waals surface area contributed by atoms with Crippen LogP contribution < -0.4 is 5.32 Å². The number of nitrogens with zero attached hydrogens (tertiary/aromatic N) is 4. The van der Waals surface area contributed by atoms with Gasteiger partial charge in [0.1, 0.15) is 5.54 Å². The van der Waals surface area contributed by atoms with Crippen molar-refractivity contribution in [3.63, 3.8) is 0 Å². The summed E-state index contributed by atoms with van der Waals surface area (Å²) in [5.41, 5.74) is 0.642. The van der Waals surface area contributed by atoms with Gasteiger partial charge >= 0.3 is 0 Å². The molecule has 172 valence electrons. The van der Waals surface area contributed by atoms with Crippen LogP contribution in [-0.2, 0) is 24.7 Å². The predicted octanol–water partition coefficient (Wildman–Crippen LogP) is -0.213. The zero-order valence-corrected chi connectivity index (χ0v) is 18.7. The van der Waals surface area contributed by atoms with E-state index in [-0.39, 0.29) is 23.8 Å². The van der Waals surface area contributed by atoms with Crippen LogP contribution in [0.25, 0.3) is 0 Å². The number of nitrogens with one attached hydrogen (secondary N) is 1. The Hall–Kier alpha value is -2.49. The molecule has 0 bridgehead atoms. The van der Waals surface area contributed by atoms with Crippen molar-refractivity contribution in [1.29, 1.82) is 0 Å². The third kappa shape index (κ3) is 3.22. The summed E-state index contributed by atoms with van der Waals surface area (Å²) >= 11 is 0. The molecule has 3 saturated heterocycles. The molecular formula is C23H31N5O4. The quantitative estimate of drug-likeness (QED) is 0.699. The minimum Gasteiger partial charge on any atom is -0.379 e. The lowest BCUT2D eigenvalue weighted by Gasteiger charge is -2.44. The summed E-state index contributed by atoms with van der Waals surface area (Å²) in [7, 11) is 3.48. The number of amides is 3. The molecule has 0 unspecified atom stereocenters. The number of anilines is 1. The number of hydrogen-bond acceptors (Lipinski definition) is 6. The number of piperazine rings is 1. The van der Waals surface area contributed by atoms with Crippen LogP contribution in [0.1, 0.15) is 12.0 Å². The van der Waals surface area contributed by atoms with Gasteiger partial charge in [0.15, 0.2) is 0 Å². The SMILES string of the molecule is CN(C)C(=O)[C@@H]1C[C@@H]2CN(C(=O)CN3CCOCC3)CCN2[C@@]12C(=O)Nc1ccccc12. The van der Waals surface area contributed by atoms with Gasteiger partial charge in [-0.25, -0.2) is 0 Å². The average Bonchev–Trinajstić information content (AvgIpc) is 3.29. The maximum Gasteiger partial charge on any atom is 0.250 e. The normalized spacial score (nSPS) is 30.2. The fourth-order valence-corrected chi connectivity index (χ4v) is 5.93. The Bertz CT molecular complexity index is 931. The first-order valence-corrected chi connectivity index (χ1v) is 11.4. The maximum absolute atomic E-state index is 13.5. The largest absolute Gasteiger partial charge is 0.379 e. The molecule has 3 amide bonds. The number of rotatable bonds is 3. The van der Waals surface area contributed by atoms with E-state index in [2.05, 4.69) is 15.1 Å². The molecule has 1 spiro atoms. The molecule has 32 heavy (non-hydrogen) atoms. The van der Waals surface area contributed by atoms with E-state index in [9.17, 15) is 14.4 Å². The first-order valence-electron chi connectivity index (χ1n) is 11.4. The highest BCUT2D eigenvalue weighted by Crippen LogP contribution is 2.53. The summed E-state index contributed by atoms with van der Waals surface area (Å²) in [6.45, 7) is 4.92. The molecule has 9 nitrogen and oxygen atoms in total. The zero-order valence-electron chi connectivity index (χ0n) is 18.7. The fraction of sp³-hybridized carbons (Fsp3) is 0.609. The van der Waals surface area contributed by atoms with Crippen LogP contribution in [0.5, 0.6) is 0 Å². The molecule has 3 atom stereocenters. The molecular weight excluding hydrogens is 410 g/mol. The second-order valence-corrected chi connectivity index (χ2v) is 9.36. The molecule has 1 aromatic carbocycles. The highest BCUT2D eigenvalue weighted by atomic mass is 16.5. The van der Waals surface area contributed by atoms with Crippen molar-refractivity contribution in [2.75, 3.05) is 71.9 Å². The van der Waals surface area contributed by atoms with Crippen molar-refractivity contribution >= 4 is 23.4 Å². The molecule has 0 aromatic heterocycles. The van der Waals surface area contributed by atoms with E-state index in [1.165, 1.54) is 0 Å². The van der Waals surface area contributed by atoms with Gasteiger partial charge in [0, 0.05) is 64.1 Å². The Labute approximate surface area is 188 Å². The highest BCUT2D eigenvalue weighted by molar-refractivity contribution is 6.09. The average molecular weight is 442 g/mol.